The number of fused-ring (bicyclic) bond motifs is 2. The van der Waals surface area contributed by atoms with Crippen molar-refractivity contribution in [2.45, 2.75) is 25.4 Å². The molecular weight excluding hydrogens is 335 g/mol. The molecule has 4 heterocycles. The Hall–Kier alpha value is -3.36. The van der Waals surface area contributed by atoms with Crippen LogP contribution in [0, 0.1) is 5.82 Å². The van der Waals surface area contributed by atoms with Crippen LogP contribution in [0.2, 0.25) is 0 Å². The molecule has 0 bridgehead atoms. The summed E-state index contributed by atoms with van der Waals surface area (Å²) < 4.78 is 17.6. The number of hydrogen-bond acceptors (Lipinski definition) is 6. The smallest absolute Gasteiger partial charge is 0.188 e. The number of nitrogens with one attached hydrogen (secondary N) is 1. The average Bonchev–Trinajstić information content (AvgIpc) is 3.28. The lowest BCUT2D eigenvalue weighted by atomic mass is 10.1. The molecule has 3 aromatic heterocycles. The molecule has 1 aliphatic heterocycles. The predicted octanol–water partition coefficient (Wildman–Crippen LogP) is 1.95. The zero-order chi connectivity index (χ0) is 17.5. The predicted molar refractivity (Wildman–Crippen MR) is 91.9 cm³/mol. The standard InChI is InChI=1S/C17H15FN8/c18-13-4-2-1-3-12(13)17-23-22-16-8-6-14(24-26(16)17)21-11-5-7-15-19-10-20-25(15)9-11/h1-4,6,8,10-11H,5,7,9H2,(H,21,24). The minimum atomic E-state index is -0.354. The first-order valence-electron chi connectivity index (χ1n) is 8.38. The first kappa shape index (κ1) is 14.9. The molecule has 1 unspecified atom stereocenters. The number of benzene rings is 1. The Labute approximate surface area is 147 Å². The van der Waals surface area contributed by atoms with E-state index in [1.54, 1.807) is 29.0 Å². The number of nitrogens with zero attached hydrogens (tertiary/aromatic N) is 7. The van der Waals surface area contributed by atoms with Crippen LogP contribution in [0.5, 0.6) is 0 Å². The van der Waals surface area contributed by atoms with E-state index in [-0.39, 0.29) is 11.9 Å². The third-order valence-corrected chi connectivity index (χ3v) is 4.54. The summed E-state index contributed by atoms with van der Waals surface area (Å²) in [6.45, 7) is 0.734. The van der Waals surface area contributed by atoms with Crippen LogP contribution in [0.3, 0.4) is 0 Å². The van der Waals surface area contributed by atoms with Crippen molar-refractivity contribution in [2.75, 3.05) is 5.32 Å². The van der Waals surface area contributed by atoms with E-state index >= 15 is 0 Å². The summed E-state index contributed by atoms with van der Waals surface area (Å²) in [6.07, 6.45) is 3.40. The van der Waals surface area contributed by atoms with E-state index < -0.39 is 0 Å². The van der Waals surface area contributed by atoms with E-state index in [2.05, 4.69) is 30.7 Å². The van der Waals surface area contributed by atoms with Crippen LogP contribution in [-0.2, 0) is 13.0 Å². The molecule has 26 heavy (non-hydrogen) atoms. The molecule has 5 rings (SSSR count). The van der Waals surface area contributed by atoms with Crippen molar-refractivity contribution in [1.82, 2.24) is 34.6 Å². The molecule has 0 fully saturated rings. The Bertz CT molecular complexity index is 1090. The fourth-order valence-corrected chi connectivity index (χ4v) is 3.24. The number of hydrogen-bond donors (Lipinski definition) is 1. The molecule has 1 atom stereocenters. The maximum atomic E-state index is 14.1. The van der Waals surface area contributed by atoms with Gasteiger partial charge in [0, 0.05) is 12.5 Å². The van der Waals surface area contributed by atoms with Crippen molar-refractivity contribution in [3.63, 3.8) is 0 Å². The second kappa shape index (κ2) is 5.87. The highest BCUT2D eigenvalue weighted by Crippen LogP contribution is 2.22. The molecule has 0 aliphatic carbocycles. The SMILES string of the molecule is Fc1ccccc1-c1nnc2ccc(NC3CCc4ncnn4C3)nn12. The van der Waals surface area contributed by atoms with Gasteiger partial charge < -0.3 is 5.32 Å². The van der Waals surface area contributed by atoms with Gasteiger partial charge in [-0.05, 0) is 30.7 Å². The molecule has 1 N–H and O–H groups in total. The van der Waals surface area contributed by atoms with Gasteiger partial charge in [0.05, 0.1) is 12.1 Å². The Balaban J connectivity index is 1.47. The quantitative estimate of drug-likeness (QED) is 0.608. The maximum Gasteiger partial charge on any atom is 0.188 e. The van der Waals surface area contributed by atoms with Crippen LogP contribution >= 0.6 is 0 Å². The van der Waals surface area contributed by atoms with E-state index in [0.29, 0.717) is 22.9 Å². The molecule has 1 aliphatic rings. The van der Waals surface area contributed by atoms with E-state index in [9.17, 15) is 4.39 Å². The van der Waals surface area contributed by atoms with E-state index in [0.717, 1.165) is 25.2 Å². The molecule has 0 spiro atoms. The topological polar surface area (TPSA) is 85.8 Å². The summed E-state index contributed by atoms with van der Waals surface area (Å²) in [7, 11) is 0. The van der Waals surface area contributed by atoms with E-state index in [4.69, 9.17) is 0 Å². The number of aromatic nitrogens is 7. The summed E-state index contributed by atoms with van der Waals surface area (Å²) in [5.74, 6) is 1.72. The van der Waals surface area contributed by atoms with Crippen LogP contribution < -0.4 is 5.32 Å². The van der Waals surface area contributed by atoms with Gasteiger partial charge in [0.1, 0.15) is 23.8 Å². The zero-order valence-corrected chi connectivity index (χ0v) is 13.7. The lowest BCUT2D eigenvalue weighted by molar-refractivity contribution is 0.440. The fraction of sp³-hybridized carbons (Fsp3) is 0.235. The summed E-state index contributed by atoms with van der Waals surface area (Å²) in [6, 6.07) is 10.3. The van der Waals surface area contributed by atoms with Crippen LogP contribution in [0.15, 0.2) is 42.7 Å². The molecule has 0 saturated heterocycles. The molecule has 0 amide bonds. The first-order valence-corrected chi connectivity index (χ1v) is 8.38. The minimum absolute atomic E-state index is 0.197. The van der Waals surface area contributed by atoms with Gasteiger partial charge >= 0.3 is 0 Å². The highest BCUT2D eigenvalue weighted by Gasteiger charge is 2.20. The van der Waals surface area contributed by atoms with Crippen molar-refractivity contribution >= 4 is 11.5 Å². The van der Waals surface area contributed by atoms with Gasteiger partial charge in [-0.25, -0.2) is 14.1 Å². The summed E-state index contributed by atoms with van der Waals surface area (Å²) in [4.78, 5) is 4.24. The Morgan fingerprint density at radius 2 is 2.04 bits per heavy atom. The maximum absolute atomic E-state index is 14.1. The van der Waals surface area contributed by atoms with Crippen molar-refractivity contribution in [3.8, 4) is 11.4 Å². The third-order valence-electron chi connectivity index (χ3n) is 4.54. The number of anilines is 1. The van der Waals surface area contributed by atoms with Crippen LogP contribution in [0.1, 0.15) is 12.2 Å². The van der Waals surface area contributed by atoms with Gasteiger partial charge in [-0.15, -0.1) is 15.3 Å². The fourth-order valence-electron chi connectivity index (χ4n) is 3.24. The van der Waals surface area contributed by atoms with Gasteiger partial charge in [-0.1, -0.05) is 12.1 Å². The molecule has 9 heteroatoms. The summed E-state index contributed by atoms with van der Waals surface area (Å²) >= 11 is 0. The van der Waals surface area contributed by atoms with Crippen molar-refractivity contribution in [1.29, 1.82) is 0 Å². The van der Waals surface area contributed by atoms with Crippen LogP contribution in [0.4, 0.5) is 10.2 Å². The van der Waals surface area contributed by atoms with Crippen LogP contribution in [-0.4, -0.2) is 40.6 Å². The Kier molecular flexibility index (Phi) is 3.37. The average molecular weight is 350 g/mol. The molecule has 0 saturated carbocycles. The number of aryl methyl sites for hydroxylation is 1. The molecular formula is C17H15FN8. The summed E-state index contributed by atoms with van der Waals surface area (Å²) in [5, 5.41) is 20.4. The molecule has 0 radical (unpaired) electrons. The van der Waals surface area contributed by atoms with Gasteiger partial charge in [0.15, 0.2) is 11.5 Å². The van der Waals surface area contributed by atoms with E-state index in [1.807, 2.05) is 16.8 Å². The second-order valence-corrected chi connectivity index (χ2v) is 6.23. The van der Waals surface area contributed by atoms with Gasteiger partial charge in [0.2, 0.25) is 0 Å². The lowest BCUT2D eigenvalue weighted by Gasteiger charge is -2.23. The zero-order valence-electron chi connectivity index (χ0n) is 13.7. The summed E-state index contributed by atoms with van der Waals surface area (Å²) in [5.41, 5.74) is 0.936. The van der Waals surface area contributed by atoms with Crippen LogP contribution in [0.25, 0.3) is 17.0 Å². The molecule has 4 aromatic rings. The van der Waals surface area contributed by atoms with Gasteiger partial charge in [0.25, 0.3) is 0 Å². The van der Waals surface area contributed by atoms with Crippen molar-refractivity contribution in [3.05, 3.63) is 54.4 Å². The molecule has 130 valence electrons. The largest absolute Gasteiger partial charge is 0.364 e. The highest BCUT2D eigenvalue weighted by molar-refractivity contribution is 5.60. The van der Waals surface area contributed by atoms with Crippen molar-refractivity contribution in [2.24, 2.45) is 0 Å². The number of rotatable bonds is 3. The highest BCUT2D eigenvalue weighted by atomic mass is 19.1. The monoisotopic (exact) mass is 350 g/mol. The van der Waals surface area contributed by atoms with Gasteiger partial charge in [-0.2, -0.15) is 9.61 Å². The second-order valence-electron chi connectivity index (χ2n) is 6.23. The normalized spacial score (nSPS) is 16.6. The molecule has 8 nitrogen and oxygen atoms in total. The third kappa shape index (κ3) is 2.48. The Morgan fingerprint density at radius 3 is 2.96 bits per heavy atom. The minimum Gasteiger partial charge on any atom is -0.364 e. The number of halogens is 1. The van der Waals surface area contributed by atoms with Crippen molar-refractivity contribution < 1.29 is 4.39 Å². The lowest BCUT2D eigenvalue weighted by Crippen LogP contribution is -2.32. The van der Waals surface area contributed by atoms with Gasteiger partial charge in [-0.3, -0.25) is 0 Å². The van der Waals surface area contributed by atoms with E-state index in [1.165, 1.54) is 6.07 Å². The molecule has 1 aromatic carbocycles. The first-order chi connectivity index (χ1) is 12.8. The Morgan fingerprint density at radius 1 is 1.12 bits per heavy atom.